The fourth-order valence-electron chi connectivity index (χ4n) is 1.16. The van der Waals surface area contributed by atoms with Crippen molar-refractivity contribution in [1.82, 2.24) is 4.98 Å². The van der Waals surface area contributed by atoms with Crippen LogP contribution < -0.4 is 5.32 Å². The van der Waals surface area contributed by atoms with Gasteiger partial charge in [-0.1, -0.05) is 6.07 Å². The quantitative estimate of drug-likeness (QED) is 0.691. The van der Waals surface area contributed by atoms with Gasteiger partial charge >= 0.3 is 0 Å². The number of hydrogen-bond donors (Lipinski definition) is 1. The van der Waals surface area contributed by atoms with Gasteiger partial charge in [0.25, 0.3) is 0 Å². The molecular formula is C12H9BrN2OS. The number of ketones is 1. The van der Waals surface area contributed by atoms with Gasteiger partial charge in [-0.25, -0.2) is 4.98 Å². The molecule has 5 heteroatoms. The highest BCUT2D eigenvalue weighted by Crippen LogP contribution is 2.11. The molecule has 2 aromatic heterocycles. The van der Waals surface area contributed by atoms with E-state index in [1.807, 2.05) is 23.6 Å². The van der Waals surface area contributed by atoms with E-state index in [1.54, 1.807) is 18.5 Å². The van der Waals surface area contributed by atoms with Gasteiger partial charge in [-0.3, -0.25) is 4.79 Å². The normalized spacial score (nSPS) is 10.6. The molecule has 0 aliphatic carbocycles. The van der Waals surface area contributed by atoms with Gasteiger partial charge in [0.05, 0.1) is 4.88 Å². The topological polar surface area (TPSA) is 42.0 Å². The molecule has 0 atom stereocenters. The number of anilines is 1. The molecule has 0 spiro atoms. The van der Waals surface area contributed by atoms with Crippen LogP contribution >= 0.6 is 27.3 Å². The minimum absolute atomic E-state index is 0.00962. The van der Waals surface area contributed by atoms with Crippen molar-refractivity contribution >= 4 is 38.9 Å². The molecule has 0 saturated carbocycles. The Balaban J connectivity index is 1.94. The molecule has 0 unspecified atom stereocenters. The first-order valence-electron chi connectivity index (χ1n) is 4.88. The standard InChI is InChI=1S/C12H9BrN2OS/c13-9-3-4-12(15-8-9)14-6-5-10(16)11-2-1-7-17-11/h1-8H,(H,14,15)/b6-5+. The van der Waals surface area contributed by atoms with Crippen molar-refractivity contribution in [2.24, 2.45) is 0 Å². The maximum absolute atomic E-state index is 11.6. The van der Waals surface area contributed by atoms with Gasteiger partial charge in [-0.05, 0) is 39.5 Å². The van der Waals surface area contributed by atoms with Crippen LogP contribution in [0.2, 0.25) is 0 Å². The van der Waals surface area contributed by atoms with Gasteiger partial charge in [0.15, 0.2) is 5.78 Å². The summed E-state index contributed by atoms with van der Waals surface area (Å²) in [5, 5.41) is 4.82. The minimum Gasteiger partial charge on any atom is -0.347 e. The van der Waals surface area contributed by atoms with Gasteiger partial charge in [0.1, 0.15) is 5.82 Å². The van der Waals surface area contributed by atoms with E-state index in [0.29, 0.717) is 5.82 Å². The number of carbonyl (C=O) groups is 1. The van der Waals surface area contributed by atoms with Crippen molar-refractivity contribution in [3.8, 4) is 0 Å². The maximum Gasteiger partial charge on any atom is 0.197 e. The van der Waals surface area contributed by atoms with Crippen molar-refractivity contribution in [3.63, 3.8) is 0 Å². The van der Waals surface area contributed by atoms with Crippen LogP contribution in [0.15, 0.2) is 52.6 Å². The zero-order valence-corrected chi connectivity index (χ0v) is 11.2. The Morgan fingerprint density at radius 3 is 2.94 bits per heavy atom. The highest BCUT2D eigenvalue weighted by Gasteiger charge is 2.00. The van der Waals surface area contributed by atoms with Crippen LogP contribution in [-0.2, 0) is 0 Å². The molecule has 2 aromatic rings. The molecule has 0 fully saturated rings. The number of thiophene rings is 1. The number of halogens is 1. The lowest BCUT2D eigenvalue weighted by molar-refractivity contribution is 0.105. The molecule has 86 valence electrons. The van der Waals surface area contributed by atoms with Crippen molar-refractivity contribution in [2.45, 2.75) is 0 Å². The van der Waals surface area contributed by atoms with Gasteiger partial charge in [-0.2, -0.15) is 0 Å². The summed E-state index contributed by atoms with van der Waals surface area (Å²) < 4.78 is 0.918. The van der Waals surface area contributed by atoms with Gasteiger partial charge in [0, 0.05) is 22.9 Å². The fourth-order valence-corrected chi connectivity index (χ4v) is 2.04. The molecular weight excluding hydrogens is 300 g/mol. The van der Waals surface area contributed by atoms with Crippen molar-refractivity contribution in [2.75, 3.05) is 5.32 Å². The summed E-state index contributed by atoms with van der Waals surface area (Å²) in [6, 6.07) is 7.36. The number of allylic oxidation sites excluding steroid dienone is 1. The van der Waals surface area contributed by atoms with E-state index in [4.69, 9.17) is 0 Å². The molecule has 0 amide bonds. The largest absolute Gasteiger partial charge is 0.347 e. The molecule has 3 nitrogen and oxygen atoms in total. The molecule has 0 aliphatic heterocycles. The molecule has 0 bridgehead atoms. The highest BCUT2D eigenvalue weighted by atomic mass is 79.9. The zero-order chi connectivity index (χ0) is 12.1. The zero-order valence-electron chi connectivity index (χ0n) is 8.76. The summed E-state index contributed by atoms with van der Waals surface area (Å²) in [6.45, 7) is 0. The first-order chi connectivity index (χ1) is 8.25. The molecule has 0 saturated heterocycles. The molecule has 0 radical (unpaired) electrons. The van der Waals surface area contributed by atoms with Crippen LogP contribution in [0.25, 0.3) is 0 Å². The molecule has 2 heterocycles. The summed E-state index contributed by atoms with van der Waals surface area (Å²) >= 11 is 4.73. The third-order valence-electron chi connectivity index (χ3n) is 1.96. The second-order valence-corrected chi connectivity index (χ2v) is 5.04. The Kier molecular flexibility index (Phi) is 4.06. The molecule has 0 aromatic carbocycles. The van der Waals surface area contributed by atoms with Crippen molar-refractivity contribution < 1.29 is 4.79 Å². The van der Waals surface area contributed by atoms with E-state index >= 15 is 0 Å². The Labute approximate surface area is 111 Å². The lowest BCUT2D eigenvalue weighted by atomic mass is 10.3. The van der Waals surface area contributed by atoms with Crippen LogP contribution in [0, 0.1) is 0 Å². The van der Waals surface area contributed by atoms with Gasteiger partial charge in [0.2, 0.25) is 0 Å². The summed E-state index contributed by atoms with van der Waals surface area (Å²) in [5.74, 6) is 0.688. The van der Waals surface area contributed by atoms with E-state index in [1.165, 1.54) is 17.4 Å². The lowest BCUT2D eigenvalue weighted by Crippen LogP contribution is -1.94. The smallest absolute Gasteiger partial charge is 0.197 e. The Hall–Kier alpha value is -1.46. The Morgan fingerprint density at radius 2 is 2.29 bits per heavy atom. The van der Waals surface area contributed by atoms with Crippen LogP contribution in [0.1, 0.15) is 9.67 Å². The number of nitrogens with one attached hydrogen (secondary N) is 1. The predicted molar refractivity (Wildman–Crippen MR) is 73.3 cm³/mol. The molecule has 17 heavy (non-hydrogen) atoms. The summed E-state index contributed by atoms with van der Waals surface area (Å²) in [4.78, 5) is 16.5. The number of carbonyl (C=O) groups excluding carboxylic acids is 1. The van der Waals surface area contributed by atoms with Gasteiger partial charge < -0.3 is 5.32 Å². The third-order valence-corrected chi connectivity index (χ3v) is 3.31. The second-order valence-electron chi connectivity index (χ2n) is 3.18. The SMILES string of the molecule is O=C(/C=C/Nc1ccc(Br)cn1)c1cccs1. The van der Waals surface area contributed by atoms with Crippen molar-refractivity contribution in [3.05, 3.63) is 57.5 Å². The minimum atomic E-state index is -0.00962. The van der Waals surface area contributed by atoms with E-state index < -0.39 is 0 Å². The molecule has 1 N–H and O–H groups in total. The number of rotatable bonds is 4. The molecule has 0 aliphatic rings. The third kappa shape index (κ3) is 3.51. The summed E-state index contributed by atoms with van der Waals surface area (Å²) in [6.07, 6.45) is 4.78. The number of aromatic nitrogens is 1. The van der Waals surface area contributed by atoms with Gasteiger partial charge in [-0.15, -0.1) is 11.3 Å². The maximum atomic E-state index is 11.6. The Bertz CT molecular complexity index is 520. The number of hydrogen-bond acceptors (Lipinski definition) is 4. The summed E-state index contributed by atoms with van der Waals surface area (Å²) in [5.41, 5.74) is 0. The highest BCUT2D eigenvalue weighted by molar-refractivity contribution is 9.10. The van der Waals surface area contributed by atoms with Crippen LogP contribution in [-0.4, -0.2) is 10.8 Å². The monoisotopic (exact) mass is 308 g/mol. The van der Waals surface area contributed by atoms with Crippen LogP contribution in [0.5, 0.6) is 0 Å². The van der Waals surface area contributed by atoms with Crippen LogP contribution in [0.4, 0.5) is 5.82 Å². The predicted octanol–water partition coefficient (Wildman–Crippen LogP) is 3.71. The molecule has 2 rings (SSSR count). The number of pyridine rings is 1. The second kappa shape index (κ2) is 5.75. The average Bonchev–Trinajstić information content (AvgIpc) is 2.85. The number of nitrogens with zero attached hydrogens (tertiary/aromatic N) is 1. The fraction of sp³-hybridized carbons (Fsp3) is 0. The van der Waals surface area contributed by atoms with Crippen LogP contribution in [0.3, 0.4) is 0 Å². The lowest BCUT2D eigenvalue weighted by Gasteiger charge is -1.98. The van der Waals surface area contributed by atoms with E-state index in [2.05, 4.69) is 26.2 Å². The van der Waals surface area contributed by atoms with Crippen molar-refractivity contribution in [1.29, 1.82) is 0 Å². The Morgan fingerprint density at radius 1 is 1.41 bits per heavy atom. The summed E-state index contributed by atoms with van der Waals surface area (Å²) in [7, 11) is 0. The average molecular weight is 309 g/mol. The van der Waals surface area contributed by atoms with E-state index in [0.717, 1.165) is 9.35 Å². The first-order valence-corrected chi connectivity index (χ1v) is 6.55. The van der Waals surface area contributed by atoms with E-state index in [-0.39, 0.29) is 5.78 Å². The van der Waals surface area contributed by atoms with E-state index in [9.17, 15) is 4.79 Å². The first kappa shape index (κ1) is 12.0.